The number of aromatic nitrogens is 3. The maximum Gasteiger partial charge on any atom is 0.271 e. The molecule has 170 valence electrons. The van der Waals surface area contributed by atoms with E-state index in [9.17, 15) is 13.2 Å². The number of rotatable bonds is 6. The molecule has 4 aromatic rings. The molecule has 0 aliphatic carbocycles. The number of sulfonamides is 1. The van der Waals surface area contributed by atoms with E-state index in [1.165, 1.54) is 10.7 Å². The Hall–Kier alpha value is -3.72. The highest BCUT2D eigenvalue weighted by molar-refractivity contribution is 7.92. The Morgan fingerprint density at radius 3 is 2.36 bits per heavy atom. The second-order valence-electron chi connectivity index (χ2n) is 7.78. The molecule has 0 aliphatic rings. The van der Waals surface area contributed by atoms with Crippen LogP contribution in [0.5, 0.6) is 0 Å². The minimum Gasteiger partial charge on any atom is -0.359 e. The standard InChI is InChI=1S/C24H24N4O4S/c1-5-18-7-10-20(11-8-18)27-33(30,31)22-14-19(9-6-15(22)2)21-12-13-23(29)28(25-21)24-16(3)26-32-17(24)4/h6-14,27H,5H2,1-4H3. The summed E-state index contributed by atoms with van der Waals surface area (Å²) in [5.74, 6) is 0.463. The maximum absolute atomic E-state index is 13.2. The summed E-state index contributed by atoms with van der Waals surface area (Å²) in [6.07, 6.45) is 0.872. The van der Waals surface area contributed by atoms with Gasteiger partial charge >= 0.3 is 0 Å². The molecule has 2 aromatic heterocycles. The lowest BCUT2D eigenvalue weighted by molar-refractivity contribution is 0.392. The second kappa shape index (κ2) is 8.67. The third-order valence-electron chi connectivity index (χ3n) is 5.40. The van der Waals surface area contributed by atoms with Gasteiger partial charge in [-0.15, -0.1) is 0 Å². The largest absolute Gasteiger partial charge is 0.359 e. The van der Waals surface area contributed by atoms with Crippen molar-refractivity contribution >= 4 is 15.7 Å². The predicted octanol–water partition coefficient (Wildman–Crippen LogP) is 4.18. The number of hydrogen-bond donors (Lipinski definition) is 1. The lowest BCUT2D eigenvalue weighted by Gasteiger charge is -2.13. The molecule has 33 heavy (non-hydrogen) atoms. The summed E-state index contributed by atoms with van der Waals surface area (Å²) in [5, 5.41) is 8.33. The fourth-order valence-electron chi connectivity index (χ4n) is 3.57. The van der Waals surface area contributed by atoms with E-state index < -0.39 is 10.0 Å². The second-order valence-corrected chi connectivity index (χ2v) is 9.43. The quantitative estimate of drug-likeness (QED) is 0.459. The van der Waals surface area contributed by atoms with Crippen molar-refractivity contribution in [1.82, 2.24) is 14.9 Å². The van der Waals surface area contributed by atoms with E-state index >= 15 is 0 Å². The first kappa shape index (κ1) is 22.5. The number of nitrogens with zero attached hydrogens (tertiary/aromatic N) is 3. The van der Waals surface area contributed by atoms with Gasteiger partial charge in [-0.25, -0.2) is 8.42 Å². The van der Waals surface area contributed by atoms with E-state index in [1.807, 2.05) is 19.1 Å². The fraction of sp³-hybridized carbons (Fsp3) is 0.208. The van der Waals surface area contributed by atoms with E-state index in [4.69, 9.17) is 4.52 Å². The average Bonchev–Trinajstić information content (AvgIpc) is 3.12. The van der Waals surface area contributed by atoms with Gasteiger partial charge in [-0.2, -0.15) is 9.78 Å². The maximum atomic E-state index is 13.2. The predicted molar refractivity (Wildman–Crippen MR) is 126 cm³/mol. The van der Waals surface area contributed by atoms with Gasteiger partial charge in [0.1, 0.15) is 11.4 Å². The van der Waals surface area contributed by atoms with Gasteiger partial charge in [0.15, 0.2) is 5.76 Å². The minimum absolute atomic E-state index is 0.136. The van der Waals surface area contributed by atoms with E-state index in [2.05, 4.69) is 15.0 Å². The smallest absolute Gasteiger partial charge is 0.271 e. The third kappa shape index (κ3) is 4.45. The summed E-state index contributed by atoms with van der Waals surface area (Å²) in [5.41, 5.74) is 3.86. The lowest BCUT2D eigenvalue weighted by Crippen LogP contribution is -2.21. The zero-order chi connectivity index (χ0) is 23.8. The Labute approximate surface area is 191 Å². The molecule has 0 unspecified atom stereocenters. The van der Waals surface area contributed by atoms with Gasteiger partial charge < -0.3 is 4.52 Å². The summed E-state index contributed by atoms with van der Waals surface area (Å²) >= 11 is 0. The van der Waals surface area contributed by atoms with Crippen molar-refractivity contribution in [3.63, 3.8) is 0 Å². The van der Waals surface area contributed by atoms with Crippen molar-refractivity contribution in [3.8, 4) is 16.9 Å². The Morgan fingerprint density at radius 2 is 1.73 bits per heavy atom. The van der Waals surface area contributed by atoms with Crippen molar-refractivity contribution in [2.45, 2.75) is 39.0 Å². The first-order valence-corrected chi connectivity index (χ1v) is 11.9. The van der Waals surface area contributed by atoms with Crippen LogP contribution in [0.4, 0.5) is 5.69 Å². The highest BCUT2D eigenvalue weighted by Gasteiger charge is 2.20. The highest BCUT2D eigenvalue weighted by Crippen LogP contribution is 2.26. The molecule has 0 radical (unpaired) electrons. The van der Waals surface area contributed by atoms with Gasteiger partial charge in [-0.05, 0) is 62.6 Å². The molecular weight excluding hydrogens is 440 g/mol. The van der Waals surface area contributed by atoms with Gasteiger partial charge in [0.2, 0.25) is 0 Å². The van der Waals surface area contributed by atoms with Gasteiger partial charge in [-0.3, -0.25) is 9.52 Å². The molecule has 4 rings (SSSR count). The number of benzene rings is 2. The van der Waals surface area contributed by atoms with Crippen molar-refractivity contribution in [2.75, 3.05) is 4.72 Å². The monoisotopic (exact) mass is 464 g/mol. The van der Waals surface area contributed by atoms with Crippen LogP contribution >= 0.6 is 0 Å². The molecule has 0 saturated carbocycles. The zero-order valence-corrected chi connectivity index (χ0v) is 19.6. The van der Waals surface area contributed by atoms with Crippen LogP contribution in [0.2, 0.25) is 0 Å². The molecule has 1 N–H and O–H groups in total. The molecule has 0 spiro atoms. The van der Waals surface area contributed by atoms with E-state index in [-0.39, 0.29) is 10.5 Å². The first-order chi connectivity index (χ1) is 15.7. The van der Waals surface area contributed by atoms with Gasteiger partial charge in [0.05, 0.1) is 10.6 Å². The molecule has 0 fully saturated rings. The Morgan fingerprint density at radius 1 is 1.00 bits per heavy atom. The van der Waals surface area contributed by atoms with Crippen molar-refractivity contribution in [2.24, 2.45) is 0 Å². The Bertz CT molecular complexity index is 1470. The van der Waals surface area contributed by atoms with Gasteiger partial charge in [0.25, 0.3) is 15.6 Å². The molecule has 8 nitrogen and oxygen atoms in total. The highest BCUT2D eigenvalue weighted by atomic mass is 32.2. The van der Waals surface area contributed by atoms with Gasteiger partial charge in [0, 0.05) is 17.3 Å². The van der Waals surface area contributed by atoms with Crippen LogP contribution in [0, 0.1) is 20.8 Å². The molecule has 2 aromatic carbocycles. The van der Waals surface area contributed by atoms with Crippen LogP contribution in [0.15, 0.2) is 68.8 Å². The topological polar surface area (TPSA) is 107 Å². The van der Waals surface area contributed by atoms with Crippen LogP contribution in [0.3, 0.4) is 0 Å². The van der Waals surface area contributed by atoms with Crippen LogP contribution in [-0.2, 0) is 16.4 Å². The molecule has 0 atom stereocenters. The summed E-state index contributed by atoms with van der Waals surface area (Å²) in [6, 6.07) is 15.3. The van der Waals surface area contributed by atoms with Crippen molar-refractivity contribution in [1.29, 1.82) is 0 Å². The molecule has 9 heteroatoms. The molecule has 0 aliphatic heterocycles. The molecule has 0 saturated heterocycles. The third-order valence-corrected chi connectivity index (χ3v) is 6.92. The van der Waals surface area contributed by atoms with Crippen molar-refractivity contribution in [3.05, 3.63) is 87.5 Å². The van der Waals surface area contributed by atoms with Crippen LogP contribution in [0.1, 0.15) is 29.5 Å². The Kier molecular flexibility index (Phi) is 5.90. The lowest BCUT2D eigenvalue weighted by atomic mass is 10.1. The van der Waals surface area contributed by atoms with Crippen LogP contribution in [0.25, 0.3) is 16.9 Å². The number of nitrogens with one attached hydrogen (secondary N) is 1. The summed E-state index contributed by atoms with van der Waals surface area (Å²) < 4.78 is 35.3. The number of anilines is 1. The van der Waals surface area contributed by atoms with Crippen LogP contribution in [-0.4, -0.2) is 23.4 Å². The average molecular weight is 465 g/mol. The molecule has 0 amide bonds. The van der Waals surface area contributed by atoms with E-state index in [1.54, 1.807) is 57.2 Å². The van der Waals surface area contributed by atoms with Crippen LogP contribution < -0.4 is 10.3 Å². The zero-order valence-electron chi connectivity index (χ0n) is 18.8. The normalized spacial score (nSPS) is 11.5. The molecule has 2 heterocycles. The summed E-state index contributed by atoms with van der Waals surface area (Å²) in [4.78, 5) is 12.6. The first-order valence-electron chi connectivity index (χ1n) is 10.5. The molecular formula is C24H24N4O4S. The summed E-state index contributed by atoms with van der Waals surface area (Å²) in [7, 11) is -3.84. The number of hydrogen-bond acceptors (Lipinski definition) is 6. The van der Waals surface area contributed by atoms with Crippen molar-refractivity contribution < 1.29 is 12.9 Å². The minimum atomic E-state index is -3.84. The number of aryl methyl sites for hydroxylation is 4. The van der Waals surface area contributed by atoms with E-state index in [0.29, 0.717) is 39.6 Å². The fourth-order valence-corrected chi connectivity index (χ4v) is 4.90. The SMILES string of the molecule is CCc1ccc(NS(=O)(=O)c2cc(-c3ccc(=O)n(-c4c(C)noc4C)n3)ccc2C)cc1. The summed E-state index contributed by atoms with van der Waals surface area (Å²) in [6.45, 7) is 7.20. The van der Waals surface area contributed by atoms with E-state index in [0.717, 1.165) is 12.0 Å². The molecule has 0 bridgehead atoms. The Balaban J connectivity index is 1.74. The van der Waals surface area contributed by atoms with Gasteiger partial charge in [-0.1, -0.05) is 36.3 Å².